The highest BCUT2D eigenvalue weighted by Crippen LogP contribution is 2.43. The summed E-state index contributed by atoms with van der Waals surface area (Å²) < 4.78 is 13.2. The summed E-state index contributed by atoms with van der Waals surface area (Å²) in [7, 11) is 0. The number of hydrogen-bond donors (Lipinski definition) is 1. The molecule has 0 unspecified atom stereocenters. The van der Waals surface area contributed by atoms with Gasteiger partial charge in [-0.2, -0.15) is 0 Å². The first-order chi connectivity index (χ1) is 16.0. The molecule has 2 saturated heterocycles. The maximum absolute atomic E-state index is 13.2. The lowest BCUT2D eigenvalue weighted by Crippen LogP contribution is -2.73. The van der Waals surface area contributed by atoms with E-state index in [1.807, 2.05) is 30.3 Å². The average Bonchev–Trinajstić information content (AvgIpc) is 2.82. The van der Waals surface area contributed by atoms with Crippen molar-refractivity contribution in [2.45, 2.75) is 24.4 Å². The van der Waals surface area contributed by atoms with E-state index in [4.69, 9.17) is 0 Å². The lowest BCUT2D eigenvalue weighted by atomic mass is 9.73. The summed E-state index contributed by atoms with van der Waals surface area (Å²) in [6.07, 6.45) is 1.80. The predicted octanol–water partition coefficient (Wildman–Crippen LogP) is 2.63. The first-order valence-corrected chi connectivity index (χ1v) is 11.0. The summed E-state index contributed by atoms with van der Waals surface area (Å²) in [4.78, 5) is 33.2. The number of amides is 2. The van der Waals surface area contributed by atoms with E-state index in [0.29, 0.717) is 12.2 Å². The molecule has 33 heavy (non-hydrogen) atoms. The van der Waals surface area contributed by atoms with Gasteiger partial charge < -0.3 is 14.9 Å². The fraction of sp³-hybridized carbons (Fsp3) is 0.269. The summed E-state index contributed by atoms with van der Waals surface area (Å²) in [6, 6.07) is 19.2. The smallest absolute Gasteiger partial charge is 0.242 e. The molecule has 0 aliphatic carbocycles. The average molecular weight is 445 g/mol. The first-order valence-electron chi connectivity index (χ1n) is 11.0. The number of pyridine rings is 1. The molecule has 0 saturated carbocycles. The Balaban J connectivity index is 1.34. The van der Waals surface area contributed by atoms with Crippen molar-refractivity contribution in [1.82, 2.24) is 14.8 Å². The predicted molar refractivity (Wildman–Crippen MR) is 121 cm³/mol. The molecular weight excluding hydrogens is 421 g/mol. The Morgan fingerprint density at radius 1 is 1.03 bits per heavy atom. The third kappa shape index (κ3) is 4.00. The van der Waals surface area contributed by atoms with Gasteiger partial charge >= 0.3 is 0 Å². The zero-order valence-electron chi connectivity index (χ0n) is 18.0. The number of aliphatic hydroxyl groups excluding tert-OH is 1. The van der Waals surface area contributed by atoms with Crippen molar-refractivity contribution in [3.05, 3.63) is 90.0 Å². The number of nitrogens with zero attached hydrogens (tertiary/aromatic N) is 3. The minimum atomic E-state index is -0.299. The summed E-state index contributed by atoms with van der Waals surface area (Å²) in [5, 5.41) is 9.98. The highest BCUT2D eigenvalue weighted by Gasteiger charge is 2.54. The number of benzene rings is 2. The molecule has 5 rings (SSSR count). The Bertz CT molecular complexity index is 1150. The molecule has 7 heteroatoms. The SMILES string of the molecule is O=C(Cc1ccccn1)N1CC(=O)N2[C@@H](CO)[C@@H](c3ccc(-c4ccc(F)cc4)cc3)[C@@H]2C1. The summed E-state index contributed by atoms with van der Waals surface area (Å²) >= 11 is 0. The second-order valence-corrected chi connectivity index (χ2v) is 8.55. The third-order valence-corrected chi connectivity index (χ3v) is 6.64. The van der Waals surface area contributed by atoms with Gasteiger partial charge in [0.05, 0.1) is 31.7 Å². The molecule has 2 aromatic carbocycles. The summed E-state index contributed by atoms with van der Waals surface area (Å²) in [5.41, 5.74) is 3.55. The Morgan fingerprint density at radius 3 is 2.36 bits per heavy atom. The number of aliphatic hydroxyl groups is 1. The lowest BCUT2D eigenvalue weighted by Gasteiger charge is -2.58. The fourth-order valence-corrected chi connectivity index (χ4v) is 5.00. The van der Waals surface area contributed by atoms with Gasteiger partial charge in [-0.15, -0.1) is 0 Å². The molecule has 0 spiro atoms. The zero-order chi connectivity index (χ0) is 22.9. The van der Waals surface area contributed by atoms with Crippen molar-refractivity contribution in [3.63, 3.8) is 0 Å². The second kappa shape index (κ2) is 8.75. The van der Waals surface area contributed by atoms with Crippen LogP contribution in [0.1, 0.15) is 17.2 Å². The van der Waals surface area contributed by atoms with Crippen LogP contribution in [-0.2, 0) is 16.0 Å². The van der Waals surface area contributed by atoms with Crippen molar-refractivity contribution in [2.24, 2.45) is 0 Å². The largest absolute Gasteiger partial charge is 0.394 e. The van der Waals surface area contributed by atoms with Crippen LogP contribution in [0.4, 0.5) is 4.39 Å². The topological polar surface area (TPSA) is 73.7 Å². The van der Waals surface area contributed by atoms with Crippen LogP contribution in [0, 0.1) is 5.82 Å². The van der Waals surface area contributed by atoms with E-state index in [0.717, 1.165) is 16.7 Å². The molecule has 2 amide bonds. The van der Waals surface area contributed by atoms with Crippen LogP contribution >= 0.6 is 0 Å². The molecule has 6 nitrogen and oxygen atoms in total. The van der Waals surface area contributed by atoms with Gasteiger partial charge in [0.15, 0.2) is 0 Å². The van der Waals surface area contributed by atoms with Gasteiger partial charge in [0.1, 0.15) is 5.82 Å². The Labute approximate surface area is 191 Å². The van der Waals surface area contributed by atoms with Crippen LogP contribution in [0.25, 0.3) is 11.1 Å². The number of fused-ring (bicyclic) bond motifs is 1. The third-order valence-electron chi connectivity index (χ3n) is 6.64. The number of halogens is 1. The molecule has 3 aromatic rings. The molecule has 0 bridgehead atoms. The van der Waals surface area contributed by atoms with E-state index in [1.165, 1.54) is 12.1 Å². The number of carbonyl (C=O) groups is 2. The number of rotatable bonds is 5. The molecule has 168 valence electrons. The molecular formula is C26H24FN3O3. The van der Waals surface area contributed by atoms with Crippen LogP contribution in [0.5, 0.6) is 0 Å². The van der Waals surface area contributed by atoms with Crippen molar-refractivity contribution >= 4 is 11.8 Å². The zero-order valence-corrected chi connectivity index (χ0v) is 18.0. The van der Waals surface area contributed by atoms with E-state index in [2.05, 4.69) is 4.98 Å². The van der Waals surface area contributed by atoms with Gasteiger partial charge in [-0.05, 0) is 41.0 Å². The van der Waals surface area contributed by atoms with Crippen molar-refractivity contribution in [1.29, 1.82) is 0 Å². The molecule has 1 aromatic heterocycles. The van der Waals surface area contributed by atoms with E-state index < -0.39 is 0 Å². The van der Waals surface area contributed by atoms with E-state index in [-0.39, 0.29) is 55.2 Å². The lowest BCUT2D eigenvalue weighted by molar-refractivity contribution is -0.166. The van der Waals surface area contributed by atoms with Crippen molar-refractivity contribution in [2.75, 3.05) is 19.7 Å². The van der Waals surface area contributed by atoms with Gasteiger partial charge in [0, 0.05) is 24.4 Å². The Kier molecular flexibility index (Phi) is 5.64. The van der Waals surface area contributed by atoms with Crippen LogP contribution in [-0.4, -0.2) is 63.5 Å². The van der Waals surface area contributed by atoms with Crippen LogP contribution in [0.2, 0.25) is 0 Å². The van der Waals surface area contributed by atoms with Crippen LogP contribution < -0.4 is 0 Å². The monoisotopic (exact) mass is 445 g/mol. The van der Waals surface area contributed by atoms with Crippen molar-refractivity contribution < 1.29 is 19.1 Å². The second-order valence-electron chi connectivity index (χ2n) is 8.55. The maximum Gasteiger partial charge on any atom is 0.242 e. The highest BCUT2D eigenvalue weighted by molar-refractivity contribution is 5.88. The molecule has 2 aliphatic rings. The van der Waals surface area contributed by atoms with Gasteiger partial charge in [-0.1, -0.05) is 42.5 Å². The minimum absolute atomic E-state index is 0.0227. The molecule has 3 heterocycles. The van der Waals surface area contributed by atoms with Crippen molar-refractivity contribution in [3.8, 4) is 11.1 Å². The van der Waals surface area contributed by atoms with Crippen LogP contribution in [0.15, 0.2) is 72.9 Å². The summed E-state index contributed by atoms with van der Waals surface area (Å²) in [6.45, 7) is 0.321. The minimum Gasteiger partial charge on any atom is -0.394 e. The number of aromatic nitrogens is 1. The molecule has 0 radical (unpaired) electrons. The number of hydrogen-bond acceptors (Lipinski definition) is 4. The maximum atomic E-state index is 13.2. The van der Waals surface area contributed by atoms with Crippen LogP contribution in [0.3, 0.4) is 0 Å². The number of carbonyl (C=O) groups excluding carboxylic acids is 2. The Morgan fingerprint density at radius 2 is 1.73 bits per heavy atom. The summed E-state index contributed by atoms with van der Waals surface area (Å²) in [5.74, 6) is -0.607. The molecule has 1 N–H and O–H groups in total. The van der Waals surface area contributed by atoms with Gasteiger partial charge in [0.2, 0.25) is 11.8 Å². The molecule has 2 aliphatic heterocycles. The highest BCUT2D eigenvalue weighted by atomic mass is 19.1. The fourth-order valence-electron chi connectivity index (χ4n) is 5.00. The van der Waals surface area contributed by atoms with Gasteiger partial charge in [-0.3, -0.25) is 14.6 Å². The van der Waals surface area contributed by atoms with Gasteiger partial charge in [-0.25, -0.2) is 4.39 Å². The quantitative estimate of drug-likeness (QED) is 0.655. The van der Waals surface area contributed by atoms with E-state index in [9.17, 15) is 19.1 Å². The molecule has 3 atom stereocenters. The standard InChI is InChI=1S/C26H24FN3O3/c27-20-10-8-18(9-11-20)17-4-6-19(7-5-17)26-22-14-29(15-25(33)30(22)23(26)16-31)24(32)13-21-3-1-2-12-28-21/h1-12,22-23,26,31H,13-16H2/t22-,23-,26-/m0/s1. The molecule has 2 fully saturated rings. The first kappa shape index (κ1) is 21.3. The number of piperazine rings is 1. The normalized spacial score (nSPS) is 22.0. The van der Waals surface area contributed by atoms with E-state index >= 15 is 0 Å². The van der Waals surface area contributed by atoms with Gasteiger partial charge in [0.25, 0.3) is 0 Å². The Hall–Kier alpha value is -3.58. The van der Waals surface area contributed by atoms with E-state index in [1.54, 1.807) is 40.3 Å².